The van der Waals surface area contributed by atoms with E-state index in [-0.39, 0.29) is 0 Å². The zero-order valence-corrected chi connectivity index (χ0v) is 9.26. The highest BCUT2D eigenvalue weighted by atomic mass is 16.5. The Morgan fingerprint density at radius 1 is 1.33 bits per heavy atom. The van der Waals surface area contributed by atoms with Crippen molar-refractivity contribution in [3.63, 3.8) is 0 Å². The van der Waals surface area contributed by atoms with Crippen molar-refractivity contribution in [1.29, 1.82) is 0 Å². The highest BCUT2D eigenvalue weighted by Gasteiger charge is 2.22. The van der Waals surface area contributed by atoms with Crippen molar-refractivity contribution in [2.75, 3.05) is 33.9 Å². The van der Waals surface area contributed by atoms with Gasteiger partial charge in [-0.1, -0.05) is 0 Å². The molecule has 0 saturated heterocycles. The van der Waals surface area contributed by atoms with Crippen molar-refractivity contribution in [2.24, 2.45) is 0 Å². The number of methoxy groups -OCH3 is 1. The van der Waals surface area contributed by atoms with Crippen LogP contribution in [0.5, 0.6) is 0 Å². The first kappa shape index (κ1) is 11.9. The molecule has 12 heavy (non-hydrogen) atoms. The van der Waals surface area contributed by atoms with Crippen LogP contribution in [0.2, 0.25) is 0 Å². The monoisotopic (exact) mass is 174 g/mol. The lowest BCUT2D eigenvalue weighted by Gasteiger charge is -2.37. The fourth-order valence-electron chi connectivity index (χ4n) is 1.35. The van der Waals surface area contributed by atoms with Crippen molar-refractivity contribution in [1.82, 2.24) is 0 Å². The Kier molecular flexibility index (Phi) is 5.51. The summed E-state index contributed by atoms with van der Waals surface area (Å²) in [7, 11) is 4.09. The van der Waals surface area contributed by atoms with Crippen LogP contribution in [0.3, 0.4) is 0 Å². The van der Waals surface area contributed by atoms with Crippen LogP contribution in [0.25, 0.3) is 0 Å². The Balaban J connectivity index is 3.80. The molecule has 1 unspecified atom stereocenters. The largest absolute Gasteiger partial charge is 0.384 e. The highest BCUT2D eigenvalue weighted by molar-refractivity contribution is 4.44. The fraction of sp³-hybridized carbons (Fsp3) is 1.00. The van der Waals surface area contributed by atoms with E-state index in [2.05, 4.69) is 27.8 Å². The van der Waals surface area contributed by atoms with Crippen LogP contribution in [0, 0.1) is 0 Å². The van der Waals surface area contributed by atoms with Gasteiger partial charge in [0.15, 0.2) is 0 Å². The molecule has 0 saturated carbocycles. The molecule has 0 radical (unpaired) electrons. The van der Waals surface area contributed by atoms with Gasteiger partial charge >= 0.3 is 0 Å². The van der Waals surface area contributed by atoms with Gasteiger partial charge in [0.1, 0.15) is 0 Å². The molecule has 0 aromatic rings. The minimum Gasteiger partial charge on any atom is -0.384 e. The molecule has 1 atom stereocenters. The number of hydrogen-bond donors (Lipinski definition) is 0. The Labute approximate surface area is 77.1 Å². The molecular weight excluding hydrogens is 150 g/mol. The summed E-state index contributed by atoms with van der Waals surface area (Å²) in [5.41, 5.74) is 0. The smallest absolute Gasteiger partial charge is 0.0831 e. The van der Waals surface area contributed by atoms with Gasteiger partial charge in [0.05, 0.1) is 32.8 Å². The molecule has 0 spiro atoms. The molecule has 0 aliphatic heterocycles. The SMILES string of the molecule is CC[N+](C)(CCCOC)C(C)C. The van der Waals surface area contributed by atoms with Gasteiger partial charge in [0.2, 0.25) is 0 Å². The molecule has 0 amide bonds. The number of hydrogen-bond acceptors (Lipinski definition) is 1. The van der Waals surface area contributed by atoms with Gasteiger partial charge < -0.3 is 9.22 Å². The predicted octanol–water partition coefficient (Wildman–Crippen LogP) is 1.90. The minimum atomic E-state index is 0.715. The molecular formula is C10H24NO+. The molecule has 0 fully saturated rings. The first-order valence-corrected chi connectivity index (χ1v) is 4.90. The van der Waals surface area contributed by atoms with Gasteiger partial charge in [-0.3, -0.25) is 0 Å². The van der Waals surface area contributed by atoms with Crippen LogP contribution in [0.1, 0.15) is 27.2 Å². The van der Waals surface area contributed by atoms with Gasteiger partial charge in [-0.2, -0.15) is 0 Å². The van der Waals surface area contributed by atoms with E-state index in [1.165, 1.54) is 19.5 Å². The van der Waals surface area contributed by atoms with Crippen molar-refractivity contribution in [3.8, 4) is 0 Å². The molecule has 0 aliphatic rings. The summed E-state index contributed by atoms with van der Waals surface area (Å²) in [6.45, 7) is 10.2. The summed E-state index contributed by atoms with van der Waals surface area (Å²) in [6, 6.07) is 0.715. The van der Waals surface area contributed by atoms with Gasteiger partial charge in [0.25, 0.3) is 0 Å². The highest BCUT2D eigenvalue weighted by Crippen LogP contribution is 2.10. The molecule has 0 N–H and O–H groups in total. The maximum atomic E-state index is 5.05. The van der Waals surface area contributed by atoms with Gasteiger partial charge in [-0.15, -0.1) is 0 Å². The lowest BCUT2D eigenvalue weighted by atomic mass is 10.2. The molecule has 0 aromatic heterocycles. The first-order valence-electron chi connectivity index (χ1n) is 4.90. The zero-order chi connectivity index (χ0) is 9.61. The van der Waals surface area contributed by atoms with E-state index in [0.29, 0.717) is 6.04 Å². The summed E-state index contributed by atoms with van der Waals surface area (Å²) >= 11 is 0. The molecule has 2 nitrogen and oxygen atoms in total. The second-order valence-electron chi connectivity index (χ2n) is 3.96. The summed E-state index contributed by atoms with van der Waals surface area (Å²) < 4.78 is 6.21. The summed E-state index contributed by atoms with van der Waals surface area (Å²) in [5, 5.41) is 0. The third-order valence-corrected chi connectivity index (χ3v) is 2.99. The maximum absolute atomic E-state index is 5.05. The first-order chi connectivity index (χ1) is 5.56. The minimum absolute atomic E-state index is 0.715. The van der Waals surface area contributed by atoms with Crippen molar-refractivity contribution < 1.29 is 9.22 Å². The quantitative estimate of drug-likeness (QED) is 0.441. The summed E-state index contributed by atoms with van der Waals surface area (Å²) in [4.78, 5) is 0. The number of ether oxygens (including phenoxy) is 1. The normalized spacial score (nSPS) is 16.5. The van der Waals surface area contributed by atoms with Gasteiger partial charge in [-0.25, -0.2) is 0 Å². The standard InChI is InChI=1S/C10H24NO/c1-6-11(4,10(2)3)8-7-9-12-5/h10H,6-9H2,1-5H3/q+1. The maximum Gasteiger partial charge on any atom is 0.0831 e. The zero-order valence-electron chi connectivity index (χ0n) is 9.26. The third-order valence-electron chi connectivity index (χ3n) is 2.99. The summed E-state index contributed by atoms with van der Waals surface area (Å²) in [5.74, 6) is 0. The van der Waals surface area contributed by atoms with Gasteiger partial charge in [-0.05, 0) is 20.8 Å². The van der Waals surface area contributed by atoms with Gasteiger partial charge in [0, 0.05) is 13.5 Å². The van der Waals surface area contributed by atoms with Crippen LogP contribution < -0.4 is 0 Å². The molecule has 74 valence electrons. The van der Waals surface area contributed by atoms with Crippen molar-refractivity contribution >= 4 is 0 Å². The predicted molar refractivity (Wildman–Crippen MR) is 53.2 cm³/mol. The van der Waals surface area contributed by atoms with Crippen molar-refractivity contribution in [2.45, 2.75) is 33.2 Å². The Morgan fingerprint density at radius 3 is 2.25 bits per heavy atom. The number of rotatable bonds is 6. The average Bonchev–Trinajstić information content (AvgIpc) is 2.04. The number of nitrogens with zero attached hydrogens (tertiary/aromatic N) is 1. The number of quaternary nitrogens is 1. The van der Waals surface area contributed by atoms with E-state index < -0.39 is 0 Å². The van der Waals surface area contributed by atoms with Crippen molar-refractivity contribution in [3.05, 3.63) is 0 Å². The van der Waals surface area contributed by atoms with E-state index in [0.717, 1.165) is 11.1 Å². The van der Waals surface area contributed by atoms with Crippen LogP contribution in [0.15, 0.2) is 0 Å². The second-order valence-corrected chi connectivity index (χ2v) is 3.96. The van der Waals surface area contributed by atoms with Crippen LogP contribution in [0.4, 0.5) is 0 Å². The van der Waals surface area contributed by atoms with E-state index in [1.54, 1.807) is 7.11 Å². The average molecular weight is 174 g/mol. The van der Waals surface area contributed by atoms with E-state index in [4.69, 9.17) is 4.74 Å². The van der Waals surface area contributed by atoms with Crippen LogP contribution in [-0.4, -0.2) is 44.4 Å². The van der Waals surface area contributed by atoms with Crippen LogP contribution in [-0.2, 0) is 4.74 Å². The fourth-order valence-corrected chi connectivity index (χ4v) is 1.35. The Hall–Kier alpha value is -0.0800. The van der Waals surface area contributed by atoms with E-state index >= 15 is 0 Å². The van der Waals surface area contributed by atoms with E-state index in [1.807, 2.05) is 0 Å². The van der Waals surface area contributed by atoms with Crippen LogP contribution >= 0.6 is 0 Å². The second kappa shape index (κ2) is 5.55. The summed E-state index contributed by atoms with van der Waals surface area (Å²) in [6.07, 6.45) is 1.17. The third kappa shape index (κ3) is 3.55. The Bertz CT molecular complexity index is 114. The molecule has 0 aliphatic carbocycles. The molecule has 2 heteroatoms. The Morgan fingerprint density at radius 2 is 1.92 bits per heavy atom. The molecule has 0 rings (SSSR count). The lowest BCUT2D eigenvalue weighted by Crippen LogP contribution is -2.50. The topological polar surface area (TPSA) is 9.23 Å². The molecule has 0 heterocycles. The lowest BCUT2D eigenvalue weighted by molar-refractivity contribution is -0.928. The molecule has 0 aromatic carbocycles. The molecule has 0 bridgehead atoms. The van der Waals surface area contributed by atoms with E-state index in [9.17, 15) is 0 Å².